The van der Waals surface area contributed by atoms with Crippen molar-refractivity contribution >= 4 is 38.9 Å². The van der Waals surface area contributed by atoms with Gasteiger partial charge in [0.05, 0.1) is 4.88 Å². The molecule has 0 saturated carbocycles. The van der Waals surface area contributed by atoms with Crippen LogP contribution in [0.4, 0.5) is 10.1 Å². The van der Waals surface area contributed by atoms with Gasteiger partial charge in [0.2, 0.25) is 0 Å². The van der Waals surface area contributed by atoms with Crippen molar-refractivity contribution in [2.45, 2.75) is 19.8 Å². The molecule has 2 aromatic carbocycles. The molecule has 138 valence electrons. The van der Waals surface area contributed by atoms with E-state index in [4.69, 9.17) is 0 Å². The molecule has 0 aliphatic carbocycles. The van der Waals surface area contributed by atoms with E-state index >= 15 is 0 Å². The summed E-state index contributed by atoms with van der Waals surface area (Å²) in [6.45, 7) is 3.37. The minimum atomic E-state index is -0.315. The Morgan fingerprint density at radius 3 is 2.44 bits per heavy atom. The van der Waals surface area contributed by atoms with Crippen LogP contribution < -0.4 is 5.32 Å². The Labute approximate surface area is 160 Å². The number of hydrogen-bond acceptors (Lipinski definition) is 3. The van der Waals surface area contributed by atoms with E-state index < -0.39 is 0 Å². The molecule has 4 nitrogen and oxygen atoms in total. The van der Waals surface area contributed by atoms with Crippen molar-refractivity contribution in [1.29, 1.82) is 0 Å². The first-order valence-corrected chi connectivity index (χ1v) is 9.74. The SMILES string of the molecule is Cc1c(C(=O)Nc2ccc(C(=O)N3CCCC3)cc2)sc2cccc(F)c12. The summed E-state index contributed by atoms with van der Waals surface area (Å²) in [6, 6.07) is 11.8. The third-order valence-corrected chi connectivity index (χ3v) is 6.15. The highest BCUT2D eigenvalue weighted by Crippen LogP contribution is 2.33. The van der Waals surface area contributed by atoms with Gasteiger partial charge in [-0.2, -0.15) is 0 Å². The van der Waals surface area contributed by atoms with Crippen molar-refractivity contribution in [1.82, 2.24) is 4.90 Å². The van der Waals surface area contributed by atoms with E-state index in [-0.39, 0.29) is 17.6 Å². The zero-order valence-electron chi connectivity index (χ0n) is 14.9. The van der Waals surface area contributed by atoms with Gasteiger partial charge in [-0.15, -0.1) is 11.3 Å². The lowest BCUT2D eigenvalue weighted by Crippen LogP contribution is -2.27. The molecule has 4 rings (SSSR count). The van der Waals surface area contributed by atoms with Gasteiger partial charge < -0.3 is 10.2 Å². The fourth-order valence-corrected chi connectivity index (χ4v) is 4.57. The van der Waals surface area contributed by atoms with Gasteiger partial charge >= 0.3 is 0 Å². The number of likely N-dealkylation sites (tertiary alicyclic amines) is 1. The van der Waals surface area contributed by atoms with E-state index in [9.17, 15) is 14.0 Å². The van der Waals surface area contributed by atoms with Crippen molar-refractivity contribution in [2.24, 2.45) is 0 Å². The molecule has 0 spiro atoms. The van der Waals surface area contributed by atoms with Gasteiger partial charge in [0.25, 0.3) is 11.8 Å². The molecule has 1 aliphatic heterocycles. The van der Waals surface area contributed by atoms with E-state index in [1.54, 1.807) is 37.3 Å². The Morgan fingerprint density at radius 1 is 1.07 bits per heavy atom. The molecule has 6 heteroatoms. The van der Waals surface area contributed by atoms with Crippen LogP contribution in [-0.4, -0.2) is 29.8 Å². The lowest BCUT2D eigenvalue weighted by atomic mass is 10.1. The van der Waals surface area contributed by atoms with E-state index in [2.05, 4.69) is 5.32 Å². The number of carbonyl (C=O) groups is 2. The second-order valence-electron chi connectivity index (χ2n) is 6.70. The average Bonchev–Trinajstić information content (AvgIpc) is 3.31. The Balaban J connectivity index is 1.52. The minimum Gasteiger partial charge on any atom is -0.339 e. The summed E-state index contributed by atoms with van der Waals surface area (Å²) < 4.78 is 14.8. The molecule has 1 fully saturated rings. The molecule has 0 unspecified atom stereocenters. The lowest BCUT2D eigenvalue weighted by molar-refractivity contribution is 0.0792. The number of fused-ring (bicyclic) bond motifs is 1. The van der Waals surface area contributed by atoms with Crippen LogP contribution in [0.3, 0.4) is 0 Å². The van der Waals surface area contributed by atoms with Crippen LogP contribution in [0.1, 0.15) is 38.4 Å². The molecule has 1 aliphatic rings. The number of nitrogens with zero attached hydrogens (tertiary/aromatic N) is 1. The third kappa shape index (κ3) is 3.32. The highest BCUT2D eigenvalue weighted by Gasteiger charge is 2.20. The molecular weight excluding hydrogens is 363 g/mol. The van der Waals surface area contributed by atoms with Gasteiger partial charge in [0, 0.05) is 34.4 Å². The van der Waals surface area contributed by atoms with Crippen molar-refractivity contribution in [3.05, 3.63) is 64.3 Å². The van der Waals surface area contributed by atoms with Crippen LogP contribution in [0.2, 0.25) is 0 Å². The van der Waals surface area contributed by atoms with Gasteiger partial charge in [-0.05, 0) is 61.7 Å². The minimum absolute atomic E-state index is 0.0289. The maximum absolute atomic E-state index is 14.0. The number of thiophene rings is 1. The topological polar surface area (TPSA) is 49.4 Å². The fraction of sp³-hybridized carbons (Fsp3) is 0.238. The standard InChI is InChI=1S/C21H19FN2O2S/c1-13-18-16(22)5-4-6-17(18)27-19(13)20(25)23-15-9-7-14(8-10-15)21(26)24-11-2-3-12-24/h4-10H,2-3,11-12H2,1H3,(H,23,25). The molecule has 3 aromatic rings. The highest BCUT2D eigenvalue weighted by molar-refractivity contribution is 7.21. The summed E-state index contributed by atoms with van der Waals surface area (Å²) in [4.78, 5) is 27.4. The Bertz CT molecular complexity index is 1020. The van der Waals surface area contributed by atoms with Crippen molar-refractivity contribution in [2.75, 3.05) is 18.4 Å². The average molecular weight is 382 g/mol. The van der Waals surface area contributed by atoms with Gasteiger partial charge in [-0.25, -0.2) is 4.39 Å². The molecule has 1 aromatic heterocycles. The van der Waals surface area contributed by atoms with Crippen molar-refractivity contribution in [3.8, 4) is 0 Å². The van der Waals surface area contributed by atoms with Crippen molar-refractivity contribution < 1.29 is 14.0 Å². The molecule has 2 amide bonds. The van der Waals surface area contributed by atoms with Gasteiger partial charge in [0.1, 0.15) is 5.82 Å². The number of halogens is 1. The first-order valence-electron chi connectivity index (χ1n) is 8.93. The number of amides is 2. The molecule has 1 N–H and O–H groups in total. The molecule has 0 bridgehead atoms. The van der Waals surface area contributed by atoms with Crippen molar-refractivity contribution in [3.63, 3.8) is 0 Å². The lowest BCUT2D eigenvalue weighted by Gasteiger charge is -2.15. The summed E-state index contributed by atoms with van der Waals surface area (Å²) in [7, 11) is 0. The molecule has 27 heavy (non-hydrogen) atoms. The quantitative estimate of drug-likeness (QED) is 0.705. The molecule has 1 saturated heterocycles. The van der Waals surface area contributed by atoms with Gasteiger partial charge in [-0.3, -0.25) is 9.59 Å². The highest BCUT2D eigenvalue weighted by atomic mass is 32.1. The fourth-order valence-electron chi connectivity index (χ4n) is 3.46. The van der Waals surface area contributed by atoms with E-state index in [0.717, 1.165) is 30.6 Å². The number of anilines is 1. The predicted molar refractivity (Wildman–Crippen MR) is 106 cm³/mol. The monoisotopic (exact) mass is 382 g/mol. The molecule has 0 radical (unpaired) electrons. The number of carbonyl (C=O) groups excluding carboxylic acids is 2. The van der Waals surface area contributed by atoms with Crippen LogP contribution in [-0.2, 0) is 0 Å². The smallest absolute Gasteiger partial charge is 0.266 e. The second kappa shape index (κ2) is 7.12. The number of hydrogen-bond donors (Lipinski definition) is 1. The maximum Gasteiger partial charge on any atom is 0.266 e. The Hall–Kier alpha value is -2.73. The summed E-state index contributed by atoms with van der Waals surface area (Å²) in [5, 5.41) is 3.34. The summed E-state index contributed by atoms with van der Waals surface area (Å²) in [6.07, 6.45) is 2.10. The summed E-state index contributed by atoms with van der Waals surface area (Å²) in [5.41, 5.74) is 1.87. The zero-order chi connectivity index (χ0) is 19.0. The second-order valence-corrected chi connectivity index (χ2v) is 7.75. The van der Waals surface area contributed by atoms with E-state index in [0.29, 0.717) is 27.1 Å². The van der Waals surface area contributed by atoms with Gasteiger partial charge in [0.15, 0.2) is 0 Å². The first-order chi connectivity index (χ1) is 13.0. The Morgan fingerprint density at radius 2 is 1.78 bits per heavy atom. The van der Waals surface area contributed by atoms with Crippen LogP contribution in [0.5, 0.6) is 0 Å². The Kier molecular flexibility index (Phi) is 4.66. The molecule has 0 atom stereocenters. The zero-order valence-corrected chi connectivity index (χ0v) is 15.7. The van der Waals surface area contributed by atoms with E-state index in [1.165, 1.54) is 17.4 Å². The van der Waals surface area contributed by atoms with Crippen LogP contribution in [0, 0.1) is 12.7 Å². The van der Waals surface area contributed by atoms with Crippen LogP contribution >= 0.6 is 11.3 Å². The number of benzene rings is 2. The summed E-state index contributed by atoms with van der Waals surface area (Å²) >= 11 is 1.28. The van der Waals surface area contributed by atoms with Gasteiger partial charge in [-0.1, -0.05) is 6.07 Å². The van der Waals surface area contributed by atoms with Crippen LogP contribution in [0.15, 0.2) is 42.5 Å². The third-order valence-electron chi connectivity index (χ3n) is 4.89. The maximum atomic E-state index is 14.0. The largest absolute Gasteiger partial charge is 0.339 e. The number of aryl methyl sites for hydroxylation is 1. The van der Waals surface area contributed by atoms with Crippen LogP contribution in [0.25, 0.3) is 10.1 Å². The summed E-state index contributed by atoms with van der Waals surface area (Å²) in [5.74, 6) is -0.557. The molecule has 2 heterocycles. The number of rotatable bonds is 3. The van der Waals surface area contributed by atoms with E-state index in [1.807, 2.05) is 11.0 Å². The predicted octanol–water partition coefficient (Wildman–Crippen LogP) is 4.84. The number of nitrogens with one attached hydrogen (secondary N) is 1. The normalized spacial score (nSPS) is 13.9. The first kappa shape index (κ1) is 17.7. The molecular formula is C21H19FN2O2S.